The van der Waals surface area contributed by atoms with Crippen LogP contribution in [0.1, 0.15) is 19.5 Å². The van der Waals surface area contributed by atoms with Gasteiger partial charge in [0.25, 0.3) is 0 Å². The van der Waals surface area contributed by atoms with E-state index in [0.29, 0.717) is 13.0 Å². The van der Waals surface area contributed by atoms with Gasteiger partial charge in [-0.25, -0.2) is 4.39 Å². The third-order valence-electron chi connectivity index (χ3n) is 3.65. The molecule has 0 fully saturated rings. The molecule has 2 N–H and O–H groups in total. The Bertz CT molecular complexity index is 539. The summed E-state index contributed by atoms with van der Waals surface area (Å²) in [6, 6.07) is 11.8. The van der Waals surface area contributed by atoms with E-state index in [1.807, 2.05) is 50.2 Å². The zero-order chi connectivity index (χ0) is 13.8. The summed E-state index contributed by atoms with van der Waals surface area (Å²) in [7, 11) is 0. The standard InChI is InChI=1S/C16H21FN2/c1-11(2)14(10-18)15(17)9-13-8-7-12-5-3-4-6-16(12)19-13/h3-8,11,14-15H,9-10,18H2,1-2H3. The van der Waals surface area contributed by atoms with Crippen molar-refractivity contribution in [1.29, 1.82) is 0 Å². The van der Waals surface area contributed by atoms with Gasteiger partial charge in [0.05, 0.1) is 5.52 Å². The molecule has 2 rings (SSSR count). The van der Waals surface area contributed by atoms with E-state index in [9.17, 15) is 4.39 Å². The van der Waals surface area contributed by atoms with Crippen LogP contribution in [0.15, 0.2) is 36.4 Å². The van der Waals surface area contributed by atoms with Crippen molar-refractivity contribution in [1.82, 2.24) is 4.98 Å². The number of fused-ring (bicyclic) bond motifs is 1. The Hall–Kier alpha value is -1.48. The quantitative estimate of drug-likeness (QED) is 0.895. The third kappa shape index (κ3) is 3.29. The summed E-state index contributed by atoms with van der Waals surface area (Å²) < 4.78 is 14.3. The molecule has 0 amide bonds. The number of hydrogen-bond acceptors (Lipinski definition) is 2. The molecule has 3 heteroatoms. The second kappa shape index (κ2) is 6.11. The summed E-state index contributed by atoms with van der Waals surface area (Å²) in [5.74, 6) is 0.147. The molecule has 0 saturated heterocycles. The molecule has 0 saturated carbocycles. The fraction of sp³-hybridized carbons (Fsp3) is 0.438. The van der Waals surface area contributed by atoms with Crippen LogP contribution in [0.25, 0.3) is 10.9 Å². The van der Waals surface area contributed by atoms with Crippen molar-refractivity contribution in [3.8, 4) is 0 Å². The molecule has 0 aliphatic heterocycles. The molecule has 1 aromatic heterocycles. The lowest BCUT2D eigenvalue weighted by molar-refractivity contribution is 0.184. The molecule has 0 aliphatic rings. The SMILES string of the molecule is CC(C)C(CN)C(F)Cc1ccc2ccccc2n1. The van der Waals surface area contributed by atoms with Gasteiger partial charge in [0.1, 0.15) is 6.17 Å². The van der Waals surface area contributed by atoms with Crippen molar-refractivity contribution in [2.75, 3.05) is 6.54 Å². The van der Waals surface area contributed by atoms with Crippen LogP contribution >= 0.6 is 0 Å². The fourth-order valence-electron chi connectivity index (χ4n) is 2.41. The van der Waals surface area contributed by atoms with Gasteiger partial charge in [-0.1, -0.05) is 38.1 Å². The van der Waals surface area contributed by atoms with Crippen LogP contribution in [0.3, 0.4) is 0 Å². The Labute approximate surface area is 113 Å². The highest BCUT2D eigenvalue weighted by atomic mass is 19.1. The Morgan fingerprint density at radius 1 is 1.16 bits per heavy atom. The number of benzene rings is 1. The zero-order valence-corrected chi connectivity index (χ0v) is 11.5. The summed E-state index contributed by atoms with van der Waals surface area (Å²) in [5.41, 5.74) is 7.37. The molecule has 2 atom stereocenters. The van der Waals surface area contributed by atoms with E-state index in [0.717, 1.165) is 16.6 Å². The monoisotopic (exact) mass is 260 g/mol. The molecule has 0 aliphatic carbocycles. The van der Waals surface area contributed by atoms with Crippen LogP contribution in [0, 0.1) is 11.8 Å². The molecule has 2 nitrogen and oxygen atoms in total. The predicted molar refractivity (Wildman–Crippen MR) is 77.7 cm³/mol. The maximum atomic E-state index is 14.3. The van der Waals surface area contributed by atoms with Gasteiger partial charge < -0.3 is 5.73 Å². The Kier molecular flexibility index (Phi) is 4.48. The molecule has 102 valence electrons. The van der Waals surface area contributed by atoms with Crippen molar-refractivity contribution >= 4 is 10.9 Å². The van der Waals surface area contributed by atoms with Crippen LogP contribution in [0.2, 0.25) is 0 Å². The Balaban J connectivity index is 2.16. The van der Waals surface area contributed by atoms with Crippen LogP contribution in [0.4, 0.5) is 4.39 Å². The van der Waals surface area contributed by atoms with Crippen LogP contribution in [-0.4, -0.2) is 17.7 Å². The normalized spacial score (nSPS) is 14.8. The first kappa shape index (κ1) is 13.9. The Morgan fingerprint density at radius 3 is 2.58 bits per heavy atom. The van der Waals surface area contributed by atoms with Gasteiger partial charge in [-0.05, 0) is 24.6 Å². The molecule has 2 aromatic rings. The lowest BCUT2D eigenvalue weighted by Gasteiger charge is -2.22. The first-order chi connectivity index (χ1) is 9.11. The highest BCUT2D eigenvalue weighted by molar-refractivity contribution is 5.78. The van der Waals surface area contributed by atoms with E-state index in [1.54, 1.807) is 0 Å². The minimum Gasteiger partial charge on any atom is -0.330 e. The van der Waals surface area contributed by atoms with E-state index in [2.05, 4.69) is 4.98 Å². The number of alkyl halides is 1. The first-order valence-electron chi connectivity index (χ1n) is 6.80. The largest absolute Gasteiger partial charge is 0.330 e. The first-order valence-corrected chi connectivity index (χ1v) is 6.80. The van der Waals surface area contributed by atoms with Gasteiger partial charge in [0, 0.05) is 23.4 Å². The maximum absolute atomic E-state index is 14.3. The molecule has 2 unspecified atom stereocenters. The van der Waals surface area contributed by atoms with E-state index < -0.39 is 6.17 Å². The summed E-state index contributed by atoms with van der Waals surface area (Å²) in [5, 5.41) is 1.08. The van der Waals surface area contributed by atoms with Gasteiger partial charge in [-0.15, -0.1) is 0 Å². The number of hydrogen-bond donors (Lipinski definition) is 1. The van der Waals surface area contributed by atoms with Crippen molar-refractivity contribution in [3.05, 3.63) is 42.1 Å². The number of pyridine rings is 1. The second-order valence-electron chi connectivity index (χ2n) is 5.36. The number of nitrogens with zero attached hydrogens (tertiary/aromatic N) is 1. The van der Waals surface area contributed by atoms with Crippen LogP contribution < -0.4 is 5.73 Å². The number of para-hydroxylation sites is 1. The highest BCUT2D eigenvalue weighted by Crippen LogP contribution is 2.21. The van der Waals surface area contributed by atoms with Gasteiger partial charge in [0.15, 0.2) is 0 Å². The maximum Gasteiger partial charge on any atom is 0.110 e. The van der Waals surface area contributed by atoms with Crippen molar-refractivity contribution in [2.45, 2.75) is 26.4 Å². The minimum atomic E-state index is -0.932. The van der Waals surface area contributed by atoms with Crippen molar-refractivity contribution < 1.29 is 4.39 Å². The lowest BCUT2D eigenvalue weighted by atomic mass is 9.89. The van der Waals surface area contributed by atoms with Crippen molar-refractivity contribution in [3.63, 3.8) is 0 Å². The number of nitrogens with two attached hydrogens (primary N) is 1. The van der Waals surface area contributed by atoms with Gasteiger partial charge >= 0.3 is 0 Å². The molecule has 1 heterocycles. The molecule has 0 radical (unpaired) electrons. The topological polar surface area (TPSA) is 38.9 Å². The van der Waals surface area contributed by atoms with Crippen molar-refractivity contribution in [2.24, 2.45) is 17.6 Å². The van der Waals surface area contributed by atoms with Gasteiger partial charge in [0.2, 0.25) is 0 Å². The average Bonchev–Trinajstić information content (AvgIpc) is 2.39. The van der Waals surface area contributed by atoms with Gasteiger partial charge in [-0.2, -0.15) is 0 Å². The van der Waals surface area contributed by atoms with E-state index in [4.69, 9.17) is 5.73 Å². The fourth-order valence-corrected chi connectivity index (χ4v) is 2.41. The molecule has 0 bridgehead atoms. The number of aromatic nitrogens is 1. The van der Waals surface area contributed by atoms with Crippen LogP contribution in [-0.2, 0) is 6.42 Å². The summed E-state index contributed by atoms with van der Waals surface area (Å²) in [6.07, 6.45) is -0.594. The summed E-state index contributed by atoms with van der Waals surface area (Å²) in [4.78, 5) is 4.51. The minimum absolute atomic E-state index is 0.103. The van der Waals surface area contributed by atoms with E-state index in [1.165, 1.54) is 0 Å². The smallest absolute Gasteiger partial charge is 0.110 e. The molecular formula is C16H21FN2. The van der Waals surface area contributed by atoms with Gasteiger partial charge in [-0.3, -0.25) is 4.98 Å². The van der Waals surface area contributed by atoms with E-state index in [-0.39, 0.29) is 11.8 Å². The third-order valence-corrected chi connectivity index (χ3v) is 3.65. The molecular weight excluding hydrogens is 239 g/mol. The van der Waals surface area contributed by atoms with E-state index >= 15 is 0 Å². The summed E-state index contributed by atoms with van der Waals surface area (Å²) in [6.45, 7) is 4.41. The number of halogens is 1. The predicted octanol–water partition coefficient (Wildman–Crippen LogP) is 3.35. The molecule has 0 spiro atoms. The zero-order valence-electron chi connectivity index (χ0n) is 11.5. The molecule has 19 heavy (non-hydrogen) atoms. The lowest BCUT2D eigenvalue weighted by Crippen LogP contribution is -2.30. The second-order valence-corrected chi connectivity index (χ2v) is 5.36. The van der Waals surface area contributed by atoms with Crippen LogP contribution in [0.5, 0.6) is 0 Å². The number of rotatable bonds is 5. The summed E-state index contributed by atoms with van der Waals surface area (Å²) >= 11 is 0. The Morgan fingerprint density at radius 2 is 1.89 bits per heavy atom. The molecule has 1 aromatic carbocycles. The highest BCUT2D eigenvalue weighted by Gasteiger charge is 2.23. The average molecular weight is 260 g/mol.